The van der Waals surface area contributed by atoms with Crippen LogP contribution < -0.4 is 16.9 Å². The first kappa shape index (κ1) is 19.1. The molecule has 2 aromatic carbocycles. The Morgan fingerprint density at radius 2 is 1.92 bits per heavy atom. The highest BCUT2D eigenvalue weighted by Crippen LogP contribution is 2.42. The fraction of sp³-hybridized carbons (Fsp3) is 0.300. The molecule has 26 heavy (non-hydrogen) atoms. The highest BCUT2D eigenvalue weighted by molar-refractivity contribution is 6.42. The van der Waals surface area contributed by atoms with Crippen molar-refractivity contribution < 1.29 is 0 Å². The zero-order chi connectivity index (χ0) is 18.7. The van der Waals surface area contributed by atoms with Crippen molar-refractivity contribution in [3.8, 4) is 0 Å². The van der Waals surface area contributed by atoms with Crippen LogP contribution in [0.4, 0.5) is 0 Å². The van der Waals surface area contributed by atoms with Gasteiger partial charge in [-0.2, -0.15) is 0 Å². The number of nitrogens with one attached hydrogen (secondary N) is 1. The molecule has 6 heteroatoms. The number of halogens is 2. The lowest BCUT2D eigenvalue weighted by molar-refractivity contribution is 0.385. The van der Waals surface area contributed by atoms with Crippen molar-refractivity contribution in [2.24, 2.45) is 11.6 Å². The molecule has 0 aliphatic heterocycles. The van der Waals surface area contributed by atoms with E-state index >= 15 is 0 Å². The minimum absolute atomic E-state index is 0.316. The predicted octanol–water partition coefficient (Wildman–Crippen LogP) is 4.29. The van der Waals surface area contributed by atoms with Crippen LogP contribution in [-0.4, -0.2) is 12.1 Å². The summed E-state index contributed by atoms with van der Waals surface area (Å²) < 4.78 is 0. The molecule has 5 N–H and O–H groups in total. The van der Waals surface area contributed by atoms with Crippen LogP contribution in [0.25, 0.3) is 0 Å². The maximum Gasteiger partial charge on any atom is 0.0595 e. The second-order valence-electron chi connectivity index (χ2n) is 6.62. The van der Waals surface area contributed by atoms with Crippen molar-refractivity contribution in [3.63, 3.8) is 0 Å². The minimum Gasteiger partial charge on any atom is -0.403 e. The standard InChI is InChI=1S/C20H24Cl2N4/c1-25-20-7-5-15(14-3-6-18(21)19(22)11-14)16-4-2-13(10-17(16)20)12-26(24)9-8-23/h2-4,6,8-11,15,20,25H,5,7,12,23-24H2,1H3/b9-8-/t15-,20-/m0/s1. The van der Waals surface area contributed by atoms with E-state index in [0.29, 0.717) is 28.5 Å². The number of nitrogens with zero attached hydrogens (tertiary/aromatic N) is 1. The smallest absolute Gasteiger partial charge is 0.0595 e. The zero-order valence-electron chi connectivity index (χ0n) is 14.8. The quantitative estimate of drug-likeness (QED) is 0.526. The van der Waals surface area contributed by atoms with E-state index in [-0.39, 0.29) is 0 Å². The van der Waals surface area contributed by atoms with Crippen molar-refractivity contribution in [2.75, 3.05) is 7.05 Å². The van der Waals surface area contributed by atoms with E-state index in [0.717, 1.165) is 18.4 Å². The van der Waals surface area contributed by atoms with E-state index < -0.39 is 0 Å². The number of rotatable bonds is 5. The van der Waals surface area contributed by atoms with Crippen LogP contribution in [0.1, 0.15) is 47.1 Å². The third-order valence-corrected chi connectivity index (χ3v) is 5.72. The van der Waals surface area contributed by atoms with Crippen LogP contribution in [0.2, 0.25) is 10.0 Å². The minimum atomic E-state index is 0.316. The molecule has 4 nitrogen and oxygen atoms in total. The fourth-order valence-electron chi connectivity index (χ4n) is 3.74. The van der Waals surface area contributed by atoms with E-state index in [9.17, 15) is 0 Å². The molecule has 0 saturated carbocycles. The number of nitrogens with two attached hydrogens (primary N) is 2. The average molecular weight is 391 g/mol. The van der Waals surface area contributed by atoms with Gasteiger partial charge in [-0.25, -0.2) is 5.84 Å². The van der Waals surface area contributed by atoms with E-state index in [1.807, 2.05) is 19.2 Å². The van der Waals surface area contributed by atoms with Crippen LogP contribution in [0.5, 0.6) is 0 Å². The van der Waals surface area contributed by atoms with Crippen molar-refractivity contribution in [3.05, 3.63) is 81.1 Å². The molecule has 0 radical (unpaired) electrons. The largest absolute Gasteiger partial charge is 0.403 e. The van der Waals surface area contributed by atoms with Crippen LogP contribution in [0.15, 0.2) is 48.8 Å². The summed E-state index contributed by atoms with van der Waals surface area (Å²) in [6.45, 7) is 0.606. The molecule has 0 spiro atoms. The first-order valence-corrected chi connectivity index (χ1v) is 9.43. The van der Waals surface area contributed by atoms with Gasteiger partial charge in [0.15, 0.2) is 0 Å². The Balaban J connectivity index is 1.97. The van der Waals surface area contributed by atoms with Crippen molar-refractivity contribution >= 4 is 23.2 Å². The molecule has 1 aliphatic carbocycles. The zero-order valence-corrected chi connectivity index (χ0v) is 16.3. The van der Waals surface area contributed by atoms with Crippen LogP contribution in [0, 0.1) is 0 Å². The van der Waals surface area contributed by atoms with E-state index in [1.165, 1.54) is 22.9 Å². The van der Waals surface area contributed by atoms with Gasteiger partial charge in [-0.1, -0.05) is 47.5 Å². The summed E-state index contributed by atoms with van der Waals surface area (Å²) in [6.07, 6.45) is 5.23. The summed E-state index contributed by atoms with van der Waals surface area (Å²) in [6, 6.07) is 12.9. The third kappa shape index (κ3) is 3.99. The third-order valence-electron chi connectivity index (χ3n) is 4.98. The molecule has 0 bridgehead atoms. The predicted molar refractivity (Wildman–Crippen MR) is 109 cm³/mol. The molecule has 2 aromatic rings. The number of benzene rings is 2. The molecule has 1 aliphatic rings. The number of fused-ring (bicyclic) bond motifs is 1. The summed E-state index contributed by atoms with van der Waals surface area (Å²) in [4.78, 5) is 0. The highest BCUT2D eigenvalue weighted by atomic mass is 35.5. The molecule has 138 valence electrons. The van der Waals surface area contributed by atoms with Gasteiger partial charge in [0.1, 0.15) is 0 Å². The molecule has 0 fully saturated rings. The first-order valence-electron chi connectivity index (χ1n) is 8.68. The number of hydrogen-bond donors (Lipinski definition) is 3. The second kappa shape index (κ2) is 8.31. The van der Waals surface area contributed by atoms with Crippen LogP contribution in [0.3, 0.4) is 0 Å². The maximum absolute atomic E-state index is 6.25. The summed E-state index contributed by atoms with van der Waals surface area (Å²) in [7, 11) is 2.01. The van der Waals surface area contributed by atoms with Gasteiger partial charge in [0.05, 0.1) is 16.6 Å². The van der Waals surface area contributed by atoms with E-state index in [4.69, 9.17) is 34.8 Å². The van der Waals surface area contributed by atoms with Crippen molar-refractivity contribution in [1.29, 1.82) is 0 Å². The van der Waals surface area contributed by atoms with Gasteiger partial charge in [0.2, 0.25) is 0 Å². The second-order valence-corrected chi connectivity index (χ2v) is 7.44. The number of hydrogen-bond acceptors (Lipinski definition) is 4. The topological polar surface area (TPSA) is 67.3 Å². The lowest BCUT2D eigenvalue weighted by atomic mass is 9.76. The van der Waals surface area contributed by atoms with Crippen LogP contribution >= 0.6 is 23.2 Å². The summed E-state index contributed by atoms with van der Waals surface area (Å²) in [5, 5.41) is 6.20. The highest BCUT2D eigenvalue weighted by Gasteiger charge is 2.28. The molecular formula is C20H24Cl2N4. The van der Waals surface area contributed by atoms with Gasteiger partial charge in [-0.15, -0.1) is 0 Å². The summed E-state index contributed by atoms with van der Waals surface area (Å²) >= 11 is 12.3. The Labute approximate surface area is 164 Å². The molecule has 2 atom stereocenters. The summed E-state index contributed by atoms with van der Waals surface area (Å²) in [5.41, 5.74) is 10.4. The van der Waals surface area contributed by atoms with Crippen LogP contribution in [-0.2, 0) is 6.54 Å². The SMILES string of the molecule is CN[C@H]1CC[C@@H](c2ccc(Cl)c(Cl)c2)c2ccc(CN(N)/C=C\N)cc21. The molecule has 0 saturated heterocycles. The Morgan fingerprint density at radius 1 is 1.12 bits per heavy atom. The average Bonchev–Trinajstić information content (AvgIpc) is 2.63. The molecule has 0 amide bonds. The van der Waals surface area contributed by atoms with Gasteiger partial charge in [0, 0.05) is 24.4 Å². The fourth-order valence-corrected chi connectivity index (χ4v) is 4.04. The Hall–Kier alpha value is -1.72. The first-order chi connectivity index (χ1) is 12.5. The van der Waals surface area contributed by atoms with E-state index in [1.54, 1.807) is 11.2 Å². The molecular weight excluding hydrogens is 367 g/mol. The molecule has 0 heterocycles. The molecule has 0 aromatic heterocycles. The van der Waals surface area contributed by atoms with Crippen molar-refractivity contribution in [1.82, 2.24) is 10.3 Å². The van der Waals surface area contributed by atoms with Crippen molar-refractivity contribution in [2.45, 2.75) is 31.3 Å². The Morgan fingerprint density at radius 3 is 2.62 bits per heavy atom. The lowest BCUT2D eigenvalue weighted by Crippen LogP contribution is -2.27. The molecule has 3 rings (SSSR count). The van der Waals surface area contributed by atoms with Gasteiger partial charge >= 0.3 is 0 Å². The Kier molecular flexibility index (Phi) is 6.09. The van der Waals surface area contributed by atoms with Gasteiger partial charge in [-0.05, 0) is 54.3 Å². The maximum atomic E-state index is 6.25. The number of hydrazine groups is 1. The van der Waals surface area contributed by atoms with Gasteiger partial charge in [-0.3, -0.25) is 0 Å². The van der Waals surface area contributed by atoms with Gasteiger partial charge < -0.3 is 16.1 Å². The normalized spacial score (nSPS) is 19.5. The van der Waals surface area contributed by atoms with Gasteiger partial charge in [0.25, 0.3) is 0 Å². The Bertz CT molecular complexity index is 806. The monoisotopic (exact) mass is 390 g/mol. The lowest BCUT2D eigenvalue weighted by Gasteiger charge is -2.32. The molecule has 0 unspecified atom stereocenters. The summed E-state index contributed by atoms with van der Waals surface area (Å²) in [5.74, 6) is 6.25. The van der Waals surface area contributed by atoms with E-state index in [2.05, 4.69) is 29.6 Å².